The van der Waals surface area contributed by atoms with E-state index in [-0.39, 0.29) is 55.6 Å². The van der Waals surface area contributed by atoms with E-state index in [1.807, 2.05) is 12.3 Å². The third-order valence-corrected chi connectivity index (χ3v) is 12.5. The van der Waals surface area contributed by atoms with Gasteiger partial charge in [-0.05, 0) is 96.2 Å². The number of pyridine rings is 1. The number of para-hydroxylation sites is 1. The van der Waals surface area contributed by atoms with E-state index in [2.05, 4.69) is 234 Å². The van der Waals surface area contributed by atoms with Crippen LogP contribution in [0.4, 0.5) is 11.4 Å². The maximum absolute atomic E-state index is 6.77. The Labute approximate surface area is 405 Å². The predicted molar refractivity (Wildman–Crippen MR) is 274 cm³/mol. The van der Waals surface area contributed by atoms with Crippen molar-refractivity contribution < 1.29 is 25.8 Å². The minimum Gasteiger partial charge on any atom is -0.509 e. The third-order valence-electron chi connectivity index (χ3n) is 12.5. The van der Waals surface area contributed by atoms with Crippen molar-refractivity contribution in [2.24, 2.45) is 0 Å². The summed E-state index contributed by atoms with van der Waals surface area (Å²) in [5.74, 6) is 2.15. The largest absolute Gasteiger partial charge is 0.509 e. The molecule has 0 bridgehead atoms. The molecule has 1 aliphatic rings. The minimum atomic E-state index is -0.127. The van der Waals surface area contributed by atoms with Gasteiger partial charge in [-0.1, -0.05) is 158 Å². The summed E-state index contributed by atoms with van der Waals surface area (Å²) < 4.78 is 8.98. The molecule has 0 saturated heterocycles. The number of fused-ring (bicyclic) bond motifs is 3. The van der Waals surface area contributed by atoms with Crippen molar-refractivity contribution >= 4 is 33.2 Å². The van der Waals surface area contributed by atoms with Gasteiger partial charge in [0.25, 0.3) is 0 Å². The molecule has 0 saturated carbocycles. The topological polar surface area (TPSA) is 33.5 Å². The van der Waals surface area contributed by atoms with Crippen LogP contribution in [0.25, 0.3) is 38.8 Å². The van der Waals surface area contributed by atoms with Crippen molar-refractivity contribution in [1.82, 2.24) is 9.55 Å². The van der Waals surface area contributed by atoms with Gasteiger partial charge in [-0.2, -0.15) is 6.07 Å². The van der Waals surface area contributed by atoms with Gasteiger partial charge in [-0.25, -0.2) is 4.98 Å². The standard InChI is InChI=1S/C58H66N4O.CH3.Pt/c1-54(2,3)40-22-23-59-53(34-40)62-51-19-17-16-18-49(51)50-21-20-47(36-52(50)62)63-48-33-44(58(13,14)15)32-46(35-48)61-25-24-60(37-61)45-29-39(28-43(31-45)57(10,11)12)38-26-41(55(4,5)6)30-42(27-38)56(7,8)9;;/h16-34H,37H2,1-15H3;1H3;/q-2;-1;. The van der Waals surface area contributed by atoms with Crippen LogP contribution in [0.1, 0.15) is 132 Å². The van der Waals surface area contributed by atoms with Crippen LogP contribution >= 0.6 is 0 Å². The zero-order valence-corrected chi connectivity index (χ0v) is 44.0. The molecule has 1 aliphatic heterocycles. The SMILES string of the molecule is CC(C)(C)c1cc(Oc2[c-]c3c(cc2)c2ccccc2n3-c2cc(C(C)(C)C)ccn2)[c-]c(N2C=CN(c3cc(-c4cc(C(C)(C)C)cc(C(C)(C)C)c4)cc(C(C)(C)C)c3)C2)c1.[CH3-].[Pt]. The molecule has 6 heteroatoms. The molecule has 0 spiro atoms. The molecule has 344 valence electrons. The Kier molecular flexibility index (Phi) is 13.3. The summed E-state index contributed by atoms with van der Waals surface area (Å²) in [6.07, 6.45) is 6.27. The second-order valence-corrected chi connectivity index (χ2v) is 22.8. The summed E-state index contributed by atoms with van der Waals surface area (Å²) in [6.45, 7) is 34.9. The Balaban J connectivity index is 0.00000350. The number of rotatable bonds is 6. The first kappa shape index (κ1) is 49.3. The Bertz CT molecular complexity index is 2850. The number of aromatic nitrogens is 2. The van der Waals surface area contributed by atoms with Gasteiger partial charge in [0.1, 0.15) is 5.82 Å². The minimum absolute atomic E-state index is 0. The molecule has 0 unspecified atom stereocenters. The molecule has 0 radical (unpaired) electrons. The van der Waals surface area contributed by atoms with Gasteiger partial charge in [0.15, 0.2) is 0 Å². The Morgan fingerprint density at radius 2 is 1.06 bits per heavy atom. The molecule has 65 heavy (non-hydrogen) atoms. The molecule has 7 aromatic rings. The molecule has 3 heterocycles. The van der Waals surface area contributed by atoms with Gasteiger partial charge in [0.05, 0.1) is 6.67 Å². The molecule has 0 amide bonds. The van der Waals surface area contributed by atoms with Crippen LogP contribution < -0.4 is 14.5 Å². The first-order chi connectivity index (χ1) is 29.3. The molecular weight excluding hydrogens is 976 g/mol. The van der Waals surface area contributed by atoms with Gasteiger partial charge >= 0.3 is 0 Å². The van der Waals surface area contributed by atoms with E-state index >= 15 is 0 Å². The Morgan fingerprint density at radius 1 is 0.508 bits per heavy atom. The van der Waals surface area contributed by atoms with Crippen LogP contribution in [0.3, 0.4) is 0 Å². The van der Waals surface area contributed by atoms with Gasteiger partial charge in [-0.3, -0.25) is 0 Å². The van der Waals surface area contributed by atoms with Crippen LogP contribution in [0.2, 0.25) is 0 Å². The number of nitrogens with zero attached hydrogens (tertiary/aromatic N) is 4. The molecule has 2 aromatic heterocycles. The molecule has 5 aromatic carbocycles. The molecular formula is C59H69N4OPt-3. The predicted octanol–water partition coefficient (Wildman–Crippen LogP) is 15.9. The maximum Gasteiger partial charge on any atom is 0.135 e. The second kappa shape index (κ2) is 17.6. The summed E-state index contributed by atoms with van der Waals surface area (Å²) in [6, 6.07) is 43.0. The quantitative estimate of drug-likeness (QED) is 0.155. The zero-order chi connectivity index (χ0) is 45.4. The van der Waals surface area contributed by atoms with Crippen LogP contribution in [0, 0.1) is 19.6 Å². The normalized spacial score (nSPS) is 13.6. The molecule has 8 rings (SSSR count). The maximum atomic E-state index is 6.77. The monoisotopic (exact) mass is 1040 g/mol. The van der Waals surface area contributed by atoms with Crippen LogP contribution in [0.5, 0.6) is 11.5 Å². The van der Waals surface area contributed by atoms with E-state index in [0.717, 1.165) is 33.3 Å². The summed E-state index contributed by atoms with van der Waals surface area (Å²) >= 11 is 0. The van der Waals surface area contributed by atoms with Crippen molar-refractivity contribution in [3.8, 4) is 28.4 Å². The van der Waals surface area contributed by atoms with Crippen LogP contribution in [-0.4, -0.2) is 16.2 Å². The van der Waals surface area contributed by atoms with Crippen molar-refractivity contribution in [1.29, 1.82) is 0 Å². The van der Waals surface area contributed by atoms with E-state index in [4.69, 9.17) is 9.72 Å². The number of ether oxygens (including phenoxy) is 1. The number of benzene rings is 5. The second-order valence-electron chi connectivity index (χ2n) is 22.8. The van der Waals surface area contributed by atoms with Crippen molar-refractivity contribution in [3.63, 3.8) is 0 Å². The average molecular weight is 1050 g/mol. The van der Waals surface area contributed by atoms with Gasteiger partial charge in [0, 0.05) is 62.4 Å². The fourth-order valence-corrected chi connectivity index (χ4v) is 8.25. The third kappa shape index (κ3) is 10.3. The summed E-state index contributed by atoms with van der Waals surface area (Å²) in [5, 5.41) is 2.26. The Morgan fingerprint density at radius 3 is 1.68 bits per heavy atom. The van der Waals surface area contributed by atoms with Crippen molar-refractivity contribution in [2.75, 3.05) is 16.5 Å². The van der Waals surface area contributed by atoms with E-state index in [0.29, 0.717) is 18.2 Å². The number of hydrogen-bond acceptors (Lipinski definition) is 4. The van der Waals surface area contributed by atoms with Crippen LogP contribution in [-0.2, 0) is 48.1 Å². The van der Waals surface area contributed by atoms with Gasteiger partial charge in [-0.15, -0.1) is 41.3 Å². The van der Waals surface area contributed by atoms with E-state index in [1.165, 1.54) is 44.6 Å². The fraction of sp³-hybridized carbons (Fsp3) is 0.356. The van der Waals surface area contributed by atoms with E-state index < -0.39 is 0 Å². The van der Waals surface area contributed by atoms with Gasteiger partial charge < -0.3 is 26.5 Å². The molecule has 0 N–H and O–H groups in total. The number of hydrogen-bond donors (Lipinski definition) is 0. The summed E-state index contributed by atoms with van der Waals surface area (Å²) in [5.41, 5.74) is 12.9. The van der Waals surface area contributed by atoms with Gasteiger partial charge in [0.2, 0.25) is 0 Å². The first-order valence-electron chi connectivity index (χ1n) is 22.5. The Hall–Kier alpha value is -5.12. The van der Waals surface area contributed by atoms with E-state index in [1.54, 1.807) is 0 Å². The molecule has 0 fully saturated rings. The van der Waals surface area contributed by atoms with Crippen LogP contribution in [0.15, 0.2) is 116 Å². The smallest absolute Gasteiger partial charge is 0.135 e. The van der Waals surface area contributed by atoms with Crippen molar-refractivity contribution in [3.05, 3.63) is 163 Å². The van der Waals surface area contributed by atoms with E-state index in [9.17, 15) is 0 Å². The first-order valence-corrected chi connectivity index (χ1v) is 22.5. The molecule has 0 atom stereocenters. The fourth-order valence-electron chi connectivity index (χ4n) is 8.25. The molecule has 0 aliphatic carbocycles. The number of anilines is 2. The van der Waals surface area contributed by atoms with Crippen molar-refractivity contribution in [2.45, 2.75) is 131 Å². The average Bonchev–Trinajstić information content (AvgIpc) is 3.83. The molecule has 5 nitrogen and oxygen atoms in total. The summed E-state index contributed by atoms with van der Waals surface area (Å²) in [4.78, 5) is 9.48. The zero-order valence-electron chi connectivity index (χ0n) is 41.7. The summed E-state index contributed by atoms with van der Waals surface area (Å²) in [7, 11) is 0.